The SMILES string of the molecule is CSc1cnc(N2CCN(C(C)c3ccc4c(c3)OC(C)(C)C4)CC2)nc1. The largest absolute Gasteiger partial charge is 0.487 e. The summed E-state index contributed by atoms with van der Waals surface area (Å²) in [6.45, 7) is 10.5. The van der Waals surface area contributed by atoms with Crippen molar-refractivity contribution in [1.29, 1.82) is 0 Å². The van der Waals surface area contributed by atoms with Crippen molar-refractivity contribution in [2.45, 2.75) is 43.7 Å². The molecule has 6 heteroatoms. The number of thioether (sulfide) groups is 1. The van der Waals surface area contributed by atoms with E-state index < -0.39 is 0 Å². The van der Waals surface area contributed by atoms with Crippen molar-refractivity contribution in [2.75, 3.05) is 37.3 Å². The van der Waals surface area contributed by atoms with Crippen LogP contribution in [0.5, 0.6) is 5.75 Å². The van der Waals surface area contributed by atoms with Crippen LogP contribution in [-0.2, 0) is 6.42 Å². The molecule has 0 radical (unpaired) electrons. The summed E-state index contributed by atoms with van der Waals surface area (Å²) in [7, 11) is 0. The number of hydrogen-bond donors (Lipinski definition) is 0. The Morgan fingerprint density at radius 2 is 1.81 bits per heavy atom. The van der Waals surface area contributed by atoms with Gasteiger partial charge in [0.05, 0.1) is 0 Å². The minimum atomic E-state index is -0.0817. The molecule has 2 aromatic rings. The van der Waals surface area contributed by atoms with Crippen molar-refractivity contribution < 1.29 is 4.74 Å². The van der Waals surface area contributed by atoms with E-state index in [1.54, 1.807) is 11.8 Å². The second-order valence-electron chi connectivity index (χ2n) is 8.03. The van der Waals surface area contributed by atoms with E-state index in [-0.39, 0.29) is 5.60 Å². The lowest BCUT2D eigenvalue weighted by atomic mass is 9.99. The summed E-state index contributed by atoms with van der Waals surface area (Å²) in [5, 5.41) is 0. The fourth-order valence-corrected chi connectivity index (χ4v) is 4.28. The zero-order valence-corrected chi connectivity index (χ0v) is 17.4. The molecule has 1 saturated heterocycles. The minimum absolute atomic E-state index is 0.0817. The number of rotatable bonds is 4. The van der Waals surface area contributed by atoms with Crippen molar-refractivity contribution in [3.63, 3.8) is 0 Å². The molecule has 4 rings (SSSR count). The van der Waals surface area contributed by atoms with Gasteiger partial charge >= 0.3 is 0 Å². The first-order valence-electron chi connectivity index (χ1n) is 9.62. The molecule has 2 aliphatic rings. The highest BCUT2D eigenvalue weighted by Gasteiger charge is 2.31. The third-order valence-corrected chi connectivity index (χ3v) is 6.25. The molecule has 0 N–H and O–H groups in total. The average molecular weight is 385 g/mol. The normalized spacial score (nSPS) is 20.2. The van der Waals surface area contributed by atoms with Gasteiger partial charge in [0.2, 0.25) is 5.95 Å². The van der Waals surface area contributed by atoms with E-state index in [2.05, 4.69) is 58.7 Å². The number of ether oxygens (including phenoxy) is 1. The summed E-state index contributed by atoms with van der Waals surface area (Å²) in [4.78, 5) is 14.9. The second-order valence-corrected chi connectivity index (χ2v) is 8.91. The Hall–Kier alpha value is -1.79. The van der Waals surface area contributed by atoms with Gasteiger partial charge in [-0.15, -0.1) is 11.8 Å². The molecule has 3 heterocycles. The Bertz CT molecular complexity index is 800. The molecule has 1 fully saturated rings. The molecule has 144 valence electrons. The van der Waals surface area contributed by atoms with Gasteiger partial charge < -0.3 is 9.64 Å². The molecule has 5 nitrogen and oxygen atoms in total. The fourth-order valence-electron chi connectivity index (χ4n) is 3.96. The van der Waals surface area contributed by atoms with Crippen molar-refractivity contribution >= 4 is 17.7 Å². The highest BCUT2D eigenvalue weighted by atomic mass is 32.2. The third-order valence-electron chi connectivity index (χ3n) is 5.57. The zero-order chi connectivity index (χ0) is 19.0. The first-order chi connectivity index (χ1) is 12.9. The zero-order valence-electron chi connectivity index (χ0n) is 16.6. The van der Waals surface area contributed by atoms with E-state index in [0.29, 0.717) is 6.04 Å². The van der Waals surface area contributed by atoms with Crippen LogP contribution >= 0.6 is 11.8 Å². The second kappa shape index (κ2) is 7.32. The lowest BCUT2D eigenvalue weighted by molar-refractivity contribution is 0.138. The molecule has 0 amide bonds. The van der Waals surface area contributed by atoms with Gasteiger partial charge in [0, 0.05) is 55.9 Å². The van der Waals surface area contributed by atoms with Crippen molar-refractivity contribution in [3.8, 4) is 5.75 Å². The summed E-state index contributed by atoms with van der Waals surface area (Å²) in [6, 6.07) is 7.13. The Morgan fingerprint density at radius 1 is 1.11 bits per heavy atom. The monoisotopic (exact) mass is 384 g/mol. The maximum absolute atomic E-state index is 6.12. The Labute approximate surface area is 166 Å². The molecule has 1 unspecified atom stereocenters. The standard InChI is InChI=1S/C21H28N4OS/c1-15(16-5-6-17-12-21(2,3)26-19(17)11-16)24-7-9-25(10-8-24)20-22-13-18(27-4)14-23-20/h5-6,11,13-15H,7-10,12H2,1-4H3. The van der Waals surface area contributed by atoms with Crippen LogP contribution in [0.3, 0.4) is 0 Å². The number of fused-ring (bicyclic) bond motifs is 1. The van der Waals surface area contributed by atoms with E-state index in [4.69, 9.17) is 4.74 Å². The van der Waals surface area contributed by atoms with E-state index in [0.717, 1.165) is 49.2 Å². The van der Waals surface area contributed by atoms with Crippen LogP contribution < -0.4 is 9.64 Å². The van der Waals surface area contributed by atoms with Gasteiger partial charge in [0.15, 0.2) is 0 Å². The van der Waals surface area contributed by atoms with Gasteiger partial charge in [0.25, 0.3) is 0 Å². The topological polar surface area (TPSA) is 41.5 Å². The minimum Gasteiger partial charge on any atom is -0.487 e. The molecule has 0 saturated carbocycles. The summed E-state index contributed by atoms with van der Waals surface area (Å²) < 4.78 is 6.12. The number of nitrogens with zero attached hydrogens (tertiary/aromatic N) is 4. The van der Waals surface area contributed by atoms with Crippen LogP contribution in [0.25, 0.3) is 0 Å². The van der Waals surface area contributed by atoms with Crippen LogP contribution in [0.4, 0.5) is 5.95 Å². The van der Waals surface area contributed by atoms with Crippen LogP contribution in [-0.4, -0.2) is 52.9 Å². The summed E-state index contributed by atoms with van der Waals surface area (Å²) in [6.07, 6.45) is 6.86. The van der Waals surface area contributed by atoms with Gasteiger partial charge in [-0.2, -0.15) is 0 Å². The van der Waals surface area contributed by atoms with Crippen LogP contribution in [0, 0.1) is 0 Å². The molecule has 2 aliphatic heterocycles. The predicted molar refractivity (Wildman–Crippen MR) is 111 cm³/mol. The van der Waals surface area contributed by atoms with E-state index >= 15 is 0 Å². The Kier molecular flexibility index (Phi) is 5.03. The summed E-state index contributed by atoms with van der Waals surface area (Å²) in [5.74, 6) is 1.90. The number of aromatic nitrogens is 2. The summed E-state index contributed by atoms with van der Waals surface area (Å²) >= 11 is 1.67. The van der Waals surface area contributed by atoms with Gasteiger partial charge in [-0.25, -0.2) is 9.97 Å². The highest BCUT2D eigenvalue weighted by molar-refractivity contribution is 7.98. The van der Waals surface area contributed by atoms with E-state index in [9.17, 15) is 0 Å². The predicted octanol–water partition coefficient (Wildman–Crippen LogP) is 3.80. The van der Waals surface area contributed by atoms with Crippen LogP contribution in [0.1, 0.15) is 37.9 Å². The highest BCUT2D eigenvalue weighted by Crippen LogP contribution is 2.37. The molecule has 1 aromatic carbocycles. The third kappa shape index (κ3) is 3.92. The molecular weight excluding hydrogens is 356 g/mol. The van der Waals surface area contributed by atoms with E-state index in [1.165, 1.54) is 11.1 Å². The van der Waals surface area contributed by atoms with E-state index in [1.807, 2.05) is 18.6 Å². The van der Waals surface area contributed by atoms with Gasteiger partial charge in [-0.1, -0.05) is 12.1 Å². The maximum Gasteiger partial charge on any atom is 0.225 e. The maximum atomic E-state index is 6.12. The molecule has 0 bridgehead atoms. The first-order valence-corrected chi connectivity index (χ1v) is 10.8. The van der Waals surface area contributed by atoms with Crippen LogP contribution in [0.15, 0.2) is 35.5 Å². The van der Waals surface area contributed by atoms with Crippen molar-refractivity contribution in [1.82, 2.24) is 14.9 Å². The quantitative estimate of drug-likeness (QED) is 0.747. The molecule has 1 atom stereocenters. The number of benzene rings is 1. The van der Waals surface area contributed by atoms with Crippen molar-refractivity contribution in [3.05, 3.63) is 41.7 Å². The fraction of sp³-hybridized carbons (Fsp3) is 0.524. The molecule has 0 spiro atoms. The first kappa shape index (κ1) is 18.6. The lowest BCUT2D eigenvalue weighted by Gasteiger charge is -2.38. The van der Waals surface area contributed by atoms with Gasteiger partial charge in [-0.05, 0) is 44.2 Å². The molecule has 1 aromatic heterocycles. The lowest BCUT2D eigenvalue weighted by Crippen LogP contribution is -2.47. The number of hydrogen-bond acceptors (Lipinski definition) is 6. The van der Waals surface area contributed by atoms with Gasteiger partial charge in [0.1, 0.15) is 11.4 Å². The molecule has 27 heavy (non-hydrogen) atoms. The average Bonchev–Trinajstić information content (AvgIpc) is 3.00. The Morgan fingerprint density at radius 3 is 2.48 bits per heavy atom. The van der Waals surface area contributed by atoms with Gasteiger partial charge in [-0.3, -0.25) is 4.90 Å². The smallest absolute Gasteiger partial charge is 0.225 e. The molecular formula is C21H28N4OS. The Balaban J connectivity index is 1.39. The summed E-state index contributed by atoms with van der Waals surface area (Å²) in [5.41, 5.74) is 2.58. The number of anilines is 1. The van der Waals surface area contributed by atoms with Crippen molar-refractivity contribution in [2.24, 2.45) is 0 Å². The number of piperazine rings is 1. The molecule has 0 aliphatic carbocycles. The van der Waals surface area contributed by atoms with Crippen LogP contribution in [0.2, 0.25) is 0 Å².